The Balaban J connectivity index is 2.98. The fraction of sp³-hybridized carbons (Fsp3) is 0.333. The second-order valence-electron chi connectivity index (χ2n) is 2.93. The van der Waals surface area contributed by atoms with Gasteiger partial charge < -0.3 is 10.8 Å². The Kier molecular flexibility index (Phi) is 2.97. The number of primary amides is 1. The van der Waals surface area contributed by atoms with Crippen molar-refractivity contribution < 1.29 is 9.90 Å². The van der Waals surface area contributed by atoms with Crippen LogP contribution in [0.15, 0.2) is 18.3 Å². The molecule has 0 aromatic carbocycles. The van der Waals surface area contributed by atoms with E-state index >= 15 is 0 Å². The topological polar surface area (TPSA) is 76.2 Å². The molecule has 0 saturated carbocycles. The monoisotopic (exact) mass is 180 g/mol. The van der Waals surface area contributed by atoms with Gasteiger partial charge in [0.2, 0.25) is 0 Å². The quantitative estimate of drug-likeness (QED) is 0.692. The summed E-state index contributed by atoms with van der Waals surface area (Å²) < 4.78 is 0. The standard InChI is InChI=1S/C9H12N2O2/c1-6(12)5-7-3-2-4-11-8(7)9(10)13/h2-4,6,12H,5H2,1H3,(H2,10,13)/t6-/m0/s1. The summed E-state index contributed by atoms with van der Waals surface area (Å²) in [7, 11) is 0. The van der Waals surface area contributed by atoms with Gasteiger partial charge in [0, 0.05) is 12.6 Å². The van der Waals surface area contributed by atoms with Gasteiger partial charge in [-0.2, -0.15) is 0 Å². The van der Waals surface area contributed by atoms with E-state index in [0.717, 1.165) is 0 Å². The Morgan fingerprint density at radius 3 is 3.00 bits per heavy atom. The van der Waals surface area contributed by atoms with Gasteiger partial charge in [0.15, 0.2) is 0 Å². The molecule has 3 N–H and O–H groups in total. The highest BCUT2D eigenvalue weighted by Gasteiger charge is 2.10. The minimum Gasteiger partial charge on any atom is -0.393 e. The van der Waals surface area contributed by atoms with Crippen LogP contribution in [0, 0.1) is 0 Å². The molecular formula is C9H12N2O2. The van der Waals surface area contributed by atoms with E-state index in [4.69, 9.17) is 10.8 Å². The summed E-state index contributed by atoms with van der Waals surface area (Å²) in [6.07, 6.45) is 1.40. The second kappa shape index (κ2) is 4.00. The molecule has 0 saturated heterocycles. The maximum absolute atomic E-state index is 10.9. The summed E-state index contributed by atoms with van der Waals surface area (Å²) >= 11 is 0. The summed E-state index contributed by atoms with van der Waals surface area (Å²) in [4.78, 5) is 14.7. The number of pyridine rings is 1. The van der Waals surface area contributed by atoms with Gasteiger partial charge in [-0.3, -0.25) is 9.78 Å². The third kappa shape index (κ3) is 2.52. The summed E-state index contributed by atoms with van der Waals surface area (Å²) in [5, 5.41) is 9.13. The zero-order chi connectivity index (χ0) is 9.84. The van der Waals surface area contributed by atoms with E-state index < -0.39 is 12.0 Å². The van der Waals surface area contributed by atoms with Crippen LogP contribution in [0.1, 0.15) is 23.0 Å². The molecule has 1 aromatic rings. The van der Waals surface area contributed by atoms with E-state index in [0.29, 0.717) is 12.0 Å². The first-order chi connectivity index (χ1) is 6.11. The molecule has 0 fully saturated rings. The van der Waals surface area contributed by atoms with Crippen molar-refractivity contribution in [3.05, 3.63) is 29.6 Å². The fourth-order valence-corrected chi connectivity index (χ4v) is 1.14. The van der Waals surface area contributed by atoms with Crippen LogP contribution < -0.4 is 5.73 Å². The molecule has 4 heteroatoms. The Morgan fingerprint density at radius 2 is 2.46 bits per heavy atom. The zero-order valence-corrected chi connectivity index (χ0v) is 7.40. The Hall–Kier alpha value is -1.42. The SMILES string of the molecule is C[C@H](O)Cc1cccnc1C(N)=O. The van der Waals surface area contributed by atoms with Gasteiger partial charge in [-0.15, -0.1) is 0 Å². The fourth-order valence-electron chi connectivity index (χ4n) is 1.14. The number of aliphatic hydroxyl groups excluding tert-OH is 1. The first kappa shape index (κ1) is 9.67. The highest BCUT2D eigenvalue weighted by atomic mass is 16.3. The van der Waals surface area contributed by atoms with Crippen LogP contribution in [0.25, 0.3) is 0 Å². The van der Waals surface area contributed by atoms with Gasteiger partial charge in [0.1, 0.15) is 5.69 Å². The largest absolute Gasteiger partial charge is 0.393 e. The van der Waals surface area contributed by atoms with E-state index in [1.807, 2.05) is 0 Å². The predicted molar refractivity (Wildman–Crippen MR) is 48.1 cm³/mol. The van der Waals surface area contributed by atoms with Crippen molar-refractivity contribution in [3.63, 3.8) is 0 Å². The molecule has 70 valence electrons. The highest BCUT2D eigenvalue weighted by Crippen LogP contribution is 2.07. The van der Waals surface area contributed by atoms with Gasteiger partial charge in [0.05, 0.1) is 6.10 Å². The maximum atomic E-state index is 10.9. The van der Waals surface area contributed by atoms with E-state index in [2.05, 4.69) is 4.98 Å². The highest BCUT2D eigenvalue weighted by molar-refractivity contribution is 5.92. The number of carbonyl (C=O) groups is 1. The molecule has 0 bridgehead atoms. The number of hydrogen-bond donors (Lipinski definition) is 2. The first-order valence-electron chi connectivity index (χ1n) is 4.03. The maximum Gasteiger partial charge on any atom is 0.267 e. The lowest BCUT2D eigenvalue weighted by atomic mass is 10.1. The van der Waals surface area contributed by atoms with Gasteiger partial charge in [-0.05, 0) is 18.6 Å². The molecule has 0 radical (unpaired) electrons. The Morgan fingerprint density at radius 1 is 1.77 bits per heavy atom. The van der Waals surface area contributed by atoms with Gasteiger partial charge in [0.25, 0.3) is 5.91 Å². The summed E-state index contributed by atoms with van der Waals surface area (Å²) in [6, 6.07) is 3.45. The van der Waals surface area contributed by atoms with Crippen LogP contribution in [0.5, 0.6) is 0 Å². The third-order valence-corrected chi connectivity index (χ3v) is 1.64. The molecule has 1 heterocycles. The lowest BCUT2D eigenvalue weighted by Gasteiger charge is -2.06. The van der Waals surface area contributed by atoms with E-state index in [1.165, 1.54) is 6.20 Å². The second-order valence-corrected chi connectivity index (χ2v) is 2.93. The molecule has 1 atom stereocenters. The molecule has 4 nitrogen and oxygen atoms in total. The summed E-state index contributed by atoms with van der Waals surface area (Å²) in [5.74, 6) is -0.559. The van der Waals surface area contributed by atoms with Crippen molar-refractivity contribution in [3.8, 4) is 0 Å². The molecule has 0 aliphatic rings. The number of aliphatic hydroxyl groups is 1. The van der Waals surface area contributed by atoms with Crippen molar-refractivity contribution in [1.82, 2.24) is 4.98 Å². The van der Waals surface area contributed by atoms with E-state index in [1.54, 1.807) is 19.1 Å². The summed E-state index contributed by atoms with van der Waals surface area (Å²) in [6.45, 7) is 1.65. The van der Waals surface area contributed by atoms with Crippen LogP contribution in [-0.2, 0) is 6.42 Å². The normalized spacial score (nSPS) is 12.5. The molecular weight excluding hydrogens is 168 g/mol. The number of hydrogen-bond acceptors (Lipinski definition) is 3. The van der Waals surface area contributed by atoms with Crippen LogP contribution >= 0.6 is 0 Å². The first-order valence-corrected chi connectivity index (χ1v) is 4.03. The lowest BCUT2D eigenvalue weighted by Crippen LogP contribution is -2.17. The lowest BCUT2D eigenvalue weighted by molar-refractivity contribution is 0.0994. The van der Waals surface area contributed by atoms with Crippen LogP contribution in [0.3, 0.4) is 0 Å². The van der Waals surface area contributed by atoms with Crippen molar-refractivity contribution in [2.75, 3.05) is 0 Å². The van der Waals surface area contributed by atoms with E-state index in [-0.39, 0.29) is 5.69 Å². The number of nitrogens with two attached hydrogens (primary N) is 1. The van der Waals surface area contributed by atoms with Crippen LogP contribution in [0.2, 0.25) is 0 Å². The average Bonchev–Trinajstić information content (AvgIpc) is 2.03. The van der Waals surface area contributed by atoms with Crippen LogP contribution in [-0.4, -0.2) is 22.1 Å². The molecule has 0 unspecified atom stereocenters. The average molecular weight is 180 g/mol. The minimum atomic E-state index is -0.559. The van der Waals surface area contributed by atoms with Crippen molar-refractivity contribution in [1.29, 1.82) is 0 Å². The smallest absolute Gasteiger partial charge is 0.267 e. The van der Waals surface area contributed by atoms with Crippen molar-refractivity contribution in [2.24, 2.45) is 5.73 Å². The zero-order valence-electron chi connectivity index (χ0n) is 7.40. The minimum absolute atomic E-state index is 0.239. The number of nitrogens with zero attached hydrogens (tertiary/aromatic N) is 1. The van der Waals surface area contributed by atoms with Crippen molar-refractivity contribution in [2.45, 2.75) is 19.4 Å². The van der Waals surface area contributed by atoms with Gasteiger partial charge in [-0.25, -0.2) is 0 Å². The molecule has 1 rings (SSSR count). The van der Waals surface area contributed by atoms with Gasteiger partial charge >= 0.3 is 0 Å². The van der Waals surface area contributed by atoms with Crippen molar-refractivity contribution >= 4 is 5.91 Å². The Labute approximate surface area is 76.4 Å². The number of aromatic nitrogens is 1. The molecule has 0 aliphatic carbocycles. The number of rotatable bonds is 3. The predicted octanol–water partition coefficient (Wildman–Crippen LogP) is 0.104. The van der Waals surface area contributed by atoms with Gasteiger partial charge in [-0.1, -0.05) is 6.07 Å². The molecule has 1 amide bonds. The Bertz CT molecular complexity index is 310. The van der Waals surface area contributed by atoms with Crippen LogP contribution in [0.4, 0.5) is 0 Å². The third-order valence-electron chi connectivity index (χ3n) is 1.64. The number of carbonyl (C=O) groups excluding carboxylic acids is 1. The summed E-state index contributed by atoms with van der Waals surface area (Å²) in [5.41, 5.74) is 6.03. The molecule has 0 spiro atoms. The van der Waals surface area contributed by atoms with E-state index in [9.17, 15) is 4.79 Å². The molecule has 1 aromatic heterocycles. The molecule has 13 heavy (non-hydrogen) atoms. The number of amides is 1. The molecule has 0 aliphatic heterocycles.